The van der Waals surface area contributed by atoms with Crippen molar-refractivity contribution in [2.24, 2.45) is 23.2 Å². The van der Waals surface area contributed by atoms with Crippen molar-refractivity contribution in [2.75, 3.05) is 26.0 Å². The number of anilines is 1. The van der Waals surface area contributed by atoms with Gasteiger partial charge in [-0.1, -0.05) is 0 Å². The second-order valence-electron chi connectivity index (χ2n) is 8.61. The van der Waals surface area contributed by atoms with Crippen molar-refractivity contribution in [2.45, 2.75) is 38.5 Å². The maximum absolute atomic E-state index is 13.2. The molecule has 25 heavy (non-hydrogen) atoms. The molecule has 4 saturated carbocycles. The fourth-order valence-corrected chi connectivity index (χ4v) is 7.17. The first-order valence-corrected chi connectivity index (χ1v) is 10.7. The molecule has 6 heteroatoms. The summed E-state index contributed by atoms with van der Waals surface area (Å²) in [5.74, 6) is 2.42. The van der Waals surface area contributed by atoms with Crippen LogP contribution in [0, 0.1) is 23.2 Å². The van der Waals surface area contributed by atoms with Crippen LogP contribution in [0.2, 0.25) is 0 Å². The van der Waals surface area contributed by atoms with Gasteiger partial charge in [-0.25, -0.2) is 0 Å². The van der Waals surface area contributed by atoms with Gasteiger partial charge in [0.2, 0.25) is 5.91 Å². The Hall–Kier alpha value is -0.720. The van der Waals surface area contributed by atoms with Gasteiger partial charge < -0.3 is 10.2 Å². The summed E-state index contributed by atoms with van der Waals surface area (Å²) in [5, 5.41) is 3.86. The number of Topliss-reactive ketones (excluding diaryl/α,β-unsaturated/α-hetero) is 1. The Morgan fingerprint density at radius 1 is 1.20 bits per heavy atom. The van der Waals surface area contributed by atoms with E-state index in [0.29, 0.717) is 17.1 Å². The topological polar surface area (TPSA) is 49.4 Å². The van der Waals surface area contributed by atoms with E-state index in [4.69, 9.17) is 0 Å². The van der Waals surface area contributed by atoms with E-state index in [-0.39, 0.29) is 17.1 Å². The first-order chi connectivity index (χ1) is 11.8. The quantitative estimate of drug-likeness (QED) is 0.711. The van der Waals surface area contributed by atoms with Gasteiger partial charge in [-0.05, 0) is 92.4 Å². The average Bonchev–Trinajstić information content (AvgIpc) is 2.86. The normalized spacial score (nSPS) is 33.0. The predicted octanol–water partition coefficient (Wildman–Crippen LogP) is 4.41. The fourth-order valence-electron chi connectivity index (χ4n) is 5.66. The molecule has 4 nitrogen and oxygen atoms in total. The van der Waals surface area contributed by atoms with Crippen molar-refractivity contribution in [1.82, 2.24) is 4.90 Å². The van der Waals surface area contributed by atoms with Gasteiger partial charge in [-0.15, -0.1) is 11.3 Å². The smallest absolute Gasteiger partial charge is 0.231 e. The molecule has 1 aromatic rings. The molecule has 136 valence electrons. The average molecular weight is 425 g/mol. The molecular weight excluding hydrogens is 400 g/mol. The van der Waals surface area contributed by atoms with E-state index in [0.717, 1.165) is 40.8 Å². The van der Waals surface area contributed by atoms with Crippen molar-refractivity contribution in [1.29, 1.82) is 0 Å². The van der Waals surface area contributed by atoms with Crippen LogP contribution in [0.25, 0.3) is 0 Å². The molecule has 1 heterocycles. The van der Waals surface area contributed by atoms with Gasteiger partial charge in [0, 0.05) is 0 Å². The first kappa shape index (κ1) is 17.7. The Balaban J connectivity index is 1.55. The number of hydrogen-bond donors (Lipinski definition) is 1. The van der Waals surface area contributed by atoms with Gasteiger partial charge in [-0.2, -0.15) is 0 Å². The van der Waals surface area contributed by atoms with Crippen LogP contribution in [0.5, 0.6) is 0 Å². The number of amides is 1. The molecular formula is C19H25BrN2O2S. The summed E-state index contributed by atoms with van der Waals surface area (Å²) in [7, 11) is 3.76. The van der Waals surface area contributed by atoms with Crippen LogP contribution < -0.4 is 5.32 Å². The minimum Gasteiger partial charge on any atom is -0.317 e. The summed E-state index contributed by atoms with van der Waals surface area (Å²) in [6.45, 7) is 0.351. The third-order valence-corrected chi connectivity index (χ3v) is 7.76. The van der Waals surface area contributed by atoms with Crippen LogP contribution in [-0.2, 0) is 4.79 Å². The van der Waals surface area contributed by atoms with Gasteiger partial charge in [0.05, 0.1) is 21.3 Å². The number of hydrogen-bond acceptors (Lipinski definition) is 4. The Kier molecular flexibility index (Phi) is 4.57. The summed E-state index contributed by atoms with van der Waals surface area (Å²) < 4.78 is 0.885. The molecule has 0 atom stereocenters. The van der Waals surface area contributed by atoms with E-state index >= 15 is 0 Å². The lowest BCUT2D eigenvalue weighted by molar-refractivity contribution is -0.140. The number of thiophene rings is 1. The Bertz CT molecular complexity index is 677. The number of halogens is 1. The fraction of sp³-hybridized carbons (Fsp3) is 0.684. The van der Waals surface area contributed by atoms with Crippen LogP contribution in [0.1, 0.15) is 48.9 Å². The number of carbonyl (C=O) groups excluding carboxylic acids is 2. The summed E-state index contributed by atoms with van der Waals surface area (Å²) in [4.78, 5) is 27.6. The standard InChI is InChI=1S/C19H25BrN2O2S/c1-22(2)10-15(23)14-6-16(20)25-17(14)21-18(24)19-7-11-3-12(8-19)5-13(4-11)9-19/h6,11-13H,3-5,7-10H2,1-2H3,(H,21,24). The minimum absolute atomic E-state index is 0.0489. The Morgan fingerprint density at radius 2 is 1.76 bits per heavy atom. The lowest BCUT2D eigenvalue weighted by atomic mass is 9.49. The van der Waals surface area contributed by atoms with Crippen LogP contribution >= 0.6 is 27.3 Å². The SMILES string of the molecule is CN(C)CC(=O)c1cc(Br)sc1NC(=O)C12CC3CC(CC(C3)C1)C2. The van der Waals surface area contributed by atoms with Crippen molar-refractivity contribution in [3.8, 4) is 0 Å². The third kappa shape index (κ3) is 3.33. The van der Waals surface area contributed by atoms with Crippen LogP contribution in [0.3, 0.4) is 0 Å². The zero-order chi connectivity index (χ0) is 17.8. The highest BCUT2D eigenvalue weighted by molar-refractivity contribution is 9.11. The number of ketones is 1. The summed E-state index contributed by atoms with van der Waals surface area (Å²) >= 11 is 4.92. The highest BCUT2D eigenvalue weighted by atomic mass is 79.9. The monoisotopic (exact) mass is 424 g/mol. The molecule has 0 aliphatic heterocycles. The van der Waals surface area contributed by atoms with Crippen molar-refractivity contribution in [3.63, 3.8) is 0 Å². The molecule has 0 unspecified atom stereocenters. The molecule has 4 bridgehead atoms. The van der Waals surface area contributed by atoms with E-state index < -0.39 is 0 Å². The van der Waals surface area contributed by atoms with E-state index in [2.05, 4.69) is 21.2 Å². The van der Waals surface area contributed by atoms with Crippen molar-refractivity contribution >= 4 is 44.0 Å². The second kappa shape index (κ2) is 6.46. The number of carbonyl (C=O) groups is 2. The van der Waals surface area contributed by atoms with Crippen LogP contribution in [-0.4, -0.2) is 37.2 Å². The highest BCUT2D eigenvalue weighted by Gasteiger charge is 2.54. The van der Waals surface area contributed by atoms with Gasteiger partial charge in [0.25, 0.3) is 0 Å². The second-order valence-corrected chi connectivity index (χ2v) is 11.0. The number of nitrogens with one attached hydrogen (secondary N) is 1. The summed E-state index contributed by atoms with van der Waals surface area (Å²) in [5.41, 5.74) is 0.441. The van der Waals surface area contributed by atoms with Gasteiger partial charge in [0.15, 0.2) is 5.78 Å². The molecule has 4 aliphatic rings. The molecule has 5 rings (SSSR count). The van der Waals surface area contributed by atoms with E-state index in [9.17, 15) is 9.59 Å². The van der Waals surface area contributed by atoms with Gasteiger partial charge in [-0.3, -0.25) is 9.59 Å². The molecule has 0 radical (unpaired) electrons. The molecule has 1 aromatic heterocycles. The highest BCUT2D eigenvalue weighted by Crippen LogP contribution is 2.60. The van der Waals surface area contributed by atoms with Crippen LogP contribution in [0.4, 0.5) is 5.00 Å². The van der Waals surface area contributed by atoms with Gasteiger partial charge in [0.1, 0.15) is 5.00 Å². The predicted molar refractivity (Wildman–Crippen MR) is 104 cm³/mol. The zero-order valence-corrected chi connectivity index (χ0v) is 17.2. The lowest BCUT2D eigenvalue weighted by Gasteiger charge is -2.55. The van der Waals surface area contributed by atoms with Crippen LogP contribution in [0.15, 0.2) is 9.85 Å². The largest absolute Gasteiger partial charge is 0.317 e. The minimum atomic E-state index is -0.187. The molecule has 1 N–H and O–H groups in total. The maximum atomic E-state index is 13.2. The third-order valence-electron chi connectivity index (χ3n) is 6.21. The number of nitrogens with zero attached hydrogens (tertiary/aromatic N) is 1. The van der Waals surface area contributed by atoms with Gasteiger partial charge >= 0.3 is 0 Å². The maximum Gasteiger partial charge on any atom is 0.231 e. The lowest BCUT2D eigenvalue weighted by Crippen LogP contribution is -2.51. The van der Waals surface area contributed by atoms with E-state index in [1.165, 1.54) is 30.6 Å². The van der Waals surface area contributed by atoms with E-state index in [1.807, 2.05) is 25.1 Å². The number of rotatable bonds is 5. The van der Waals surface area contributed by atoms with E-state index in [1.54, 1.807) is 0 Å². The number of likely N-dealkylation sites (N-methyl/N-ethyl adjacent to an activating group) is 1. The summed E-state index contributed by atoms with van der Waals surface area (Å²) in [6, 6.07) is 1.84. The Morgan fingerprint density at radius 3 is 2.28 bits per heavy atom. The zero-order valence-electron chi connectivity index (χ0n) is 14.8. The molecule has 0 saturated heterocycles. The van der Waals surface area contributed by atoms with Crippen molar-refractivity contribution < 1.29 is 9.59 Å². The molecule has 4 aliphatic carbocycles. The molecule has 1 amide bonds. The van der Waals surface area contributed by atoms with Crippen molar-refractivity contribution in [3.05, 3.63) is 15.4 Å². The molecule has 4 fully saturated rings. The molecule has 0 aromatic carbocycles. The summed E-state index contributed by atoms with van der Waals surface area (Å²) in [6.07, 6.45) is 7.09. The Labute approximate surface area is 161 Å². The molecule has 0 spiro atoms. The first-order valence-electron chi connectivity index (χ1n) is 9.13.